The Bertz CT molecular complexity index is 843. The molecule has 9 heteroatoms. The summed E-state index contributed by atoms with van der Waals surface area (Å²) in [6, 6.07) is 8.44. The van der Waals surface area contributed by atoms with Crippen LogP contribution in [0.5, 0.6) is 5.75 Å². The summed E-state index contributed by atoms with van der Waals surface area (Å²) < 4.78 is 34.0. The predicted octanol–water partition coefficient (Wildman–Crippen LogP) is 1.57. The highest BCUT2D eigenvalue weighted by molar-refractivity contribution is 7.91. The normalized spacial score (nSPS) is 18.3. The van der Waals surface area contributed by atoms with Crippen molar-refractivity contribution in [3.63, 3.8) is 0 Å². The lowest BCUT2D eigenvalue weighted by atomic mass is 10.2. The van der Waals surface area contributed by atoms with Gasteiger partial charge >= 0.3 is 0 Å². The Morgan fingerprint density at radius 2 is 2.11 bits per heavy atom. The van der Waals surface area contributed by atoms with E-state index in [1.54, 1.807) is 29.2 Å². The molecule has 1 amide bonds. The molecule has 1 aromatic carbocycles. The molecule has 0 bridgehead atoms. The van der Waals surface area contributed by atoms with Crippen LogP contribution >= 0.6 is 0 Å². The van der Waals surface area contributed by atoms with Crippen molar-refractivity contribution in [2.24, 2.45) is 0 Å². The van der Waals surface area contributed by atoms with Gasteiger partial charge in [-0.05, 0) is 37.6 Å². The molecule has 1 atom stereocenters. The molecule has 0 saturated carbocycles. The second kappa shape index (κ2) is 10.1. The highest BCUT2D eigenvalue weighted by Gasteiger charge is 2.31. The first-order chi connectivity index (χ1) is 13.4. The van der Waals surface area contributed by atoms with E-state index < -0.39 is 15.7 Å². The van der Waals surface area contributed by atoms with Crippen LogP contribution in [0.4, 0.5) is 5.69 Å². The Kier molecular flexibility index (Phi) is 7.84. The summed E-state index contributed by atoms with van der Waals surface area (Å²) in [5.41, 5.74) is 0.427. The van der Waals surface area contributed by atoms with E-state index in [2.05, 4.69) is 5.32 Å². The zero-order valence-corrected chi connectivity index (χ0v) is 16.9. The van der Waals surface area contributed by atoms with Crippen LogP contribution in [-0.4, -0.2) is 63.6 Å². The van der Waals surface area contributed by atoms with Crippen LogP contribution in [0.15, 0.2) is 36.0 Å². The number of anilines is 1. The minimum atomic E-state index is -3.09. The highest BCUT2D eigenvalue weighted by atomic mass is 32.2. The molecule has 0 aromatic heterocycles. The van der Waals surface area contributed by atoms with Gasteiger partial charge in [0, 0.05) is 31.6 Å². The number of nitrogens with zero attached hydrogens (tertiary/aromatic N) is 2. The van der Waals surface area contributed by atoms with Gasteiger partial charge in [0.1, 0.15) is 17.4 Å². The quantitative estimate of drug-likeness (QED) is 0.489. The summed E-state index contributed by atoms with van der Waals surface area (Å²) in [7, 11) is -1.55. The lowest BCUT2D eigenvalue weighted by Crippen LogP contribution is -2.35. The van der Waals surface area contributed by atoms with Gasteiger partial charge in [0.05, 0.1) is 24.7 Å². The second-order valence-corrected chi connectivity index (χ2v) is 8.58. The molecule has 0 aliphatic carbocycles. The van der Waals surface area contributed by atoms with Crippen molar-refractivity contribution >= 4 is 21.4 Å². The Balaban J connectivity index is 2.13. The maximum atomic E-state index is 12.5. The Hall–Kier alpha value is -2.57. The first-order valence-electron chi connectivity index (χ1n) is 8.99. The maximum Gasteiger partial charge on any atom is 0.267 e. The Morgan fingerprint density at radius 1 is 1.39 bits per heavy atom. The van der Waals surface area contributed by atoms with Crippen LogP contribution < -0.4 is 10.1 Å². The van der Waals surface area contributed by atoms with Gasteiger partial charge in [-0.2, -0.15) is 5.26 Å². The fraction of sp³-hybridized carbons (Fsp3) is 0.474. The summed E-state index contributed by atoms with van der Waals surface area (Å²) in [4.78, 5) is 14.2. The van der Waals surface area contributed by atoms with Crippen molar-refractivity contribution in [1.29, 1.82) is 5.26 Å². The minimum Gasteiger partial charge on any atom is -0.494 e. The molecule has 1 aliphatic rings. The maximum absolute atomic E-state index is 12.5. The molecule has 1 N–H and O–H groups in total. The number of hydrogen-bond acceptors (Lipinski definition) is 7. The number of hydrogen-bond donors (Lipinski definition) is 1. The van der Waals surface area contributed by atoms with Gasteiger partial charge in [0.25, 0.3) is 5.91 Å². The van der Waals surface area contributed by atoms with Crippen molar-refractivity contribution < 1.29 is 22.7 Å². The van der Waals surface area contributed by atoms with E-state index in [1.165, 1.54) is 13.3 Å². The predicted molar refractivity (Wildman–Crippen MR) is 106 cm³/mol. The summed E-state index contributed by atoms with van der Waals surface area (Å²) in [5, 5.41) is 12.1. The monoisotopic (exact) mass is 407 g/mol. The smallest absolute Gasteiger partial charge is 0.267 e. The number of methoxy groups -OCH3 is 1. The van der Waals surface area contributed by atoms with E-state index in [0.29, 0.717) is 37.6 Å². The van der Waals surface area contributed by atoms with Crippen molar-refractivity contribution in [2.75, 3.05) is 43.7 Å². The number of rotatable bonds is 9. The second-order valence-electron chi connectivity index (χ2n) is 6.35. The van der Waals surface area contributed by atoms with Crippen LogP contribution in [0.2, 0.25) is 0 Å². The third-order valence-corrected chi connectivity index (χ3v) is 6.06. The Morgan fingerprint density at radius 3 is 2.64 bits per heavy atom. The topological polar surface area (TPSA) is 109 Å². The zero-order valence-electron chi connectivity index (χ0n) is 16.1. The van der Waals surface area contributed by atoms with E-state index in [4.69, 9.17) is 9.47 Å². The molecule has 8 nitrogen and oxygen atoms in total. The van der Waals surface area contributed by atoms with Crippen LogP contribution in [0.1, 0.15) is 13.3 Å². The van der Waals surface area contributed by atoms with E-state index in [-0.39, 0.29) is 23.1 Å². The van der Waals surface area contributed by atoms with Crippen molar-refractivity contribution in [3.8, 4) is 11.8 Å². The molecule has 1 saturated heterocycles. The molecular formula is C19H25N3O5S. The van der Waals surface area contributed by atoms with Crippen LogP contribution in [-0.2, 0) is 19.4 Å². The average Bonchev–Trinajstić information content (AvgIpc) is 3.03. The molecule has 1 heterocycles. The van der Waals surface area contributed by atoms with E-state index in [1.807, 2.05) is 13.0 Å². The van der Waals surface area contributed by atoms with Crippen molar-refractivity contribution in [1.82, 2.24) is 4.90 Å². The molecule has 152 valence electrons. The number of sulfone groups is 1. The summed E-state index contributed by atoms with van der Waals surface area (Å²) in [6.45, 7) is 3.16. The summed E-state index contributed by atoms with van der Waals surface area (Å²) in [6.07, 6.45) is 1.89. The highest BCUT2D eigenvalue weighted by Crippen LogP contribution is 2.20. The average molecular weight is 407 g/mol. The number of nitriles is 1. The lowest BCUT2D eigenvalue weighted by Gasteiger charge is -2.26. The molecule has 1 unspecified atom stereocenters. The molecule has 0 radical (unpaired) electrons. The summed E-state index contributed by atoms with van der Waals surface area (Å²) >= 11 is 0. The molecule has 1 fully saturated rings. The zero-order chi connectivity index (χ0) is 20.6. The number of nitrogens with one attached hydrogen (secondary N) is 1. The van der Waals surface area contributed by atoms with E-state index in [9.17, 15) is 18.5 Å². The first kappa shape index (κ1) is 21.7. The molecule has 28 heavy (non-hydrogen) atoms. The lowest BCUT2D eigenvalue weighted by molar-refractivity contribution is -0.112. The van der Waals surface area contributed by atoms with Gasteiger partial charge in [-0.15, -0.1) is 0 Å². The molecule has 1 aliphatic heterocycles. The third kappa shape index (κ3) is 6.25. The molecule has 1 aromatic rings. The fourth-order valence-electron chi connectivity index (χ4n) is 2.89. The van der Waals surface area contributed by atoms with Gasteiger partial charge in [-0.3, -0.25) is 4.79 Å². The standard InChI is InChI=1S/C19H25N3O5S/c1-3-27-18-6-4-16(5-7-18)21-19(23)15(12-20)13-22(9-10-26-2)17-8-11-28(24,25)14-17/h4-7,13,17H,3,8-11,14H2,1-2H3,(H,21,23)/b15-13-. The van der Waals surface area contributed by atoms with Crippen molar-refractivity contribution in [3.05, 3.63) is 36.0 Å². The van der Waals surface area contributed by atoms with Gasteiger partial charge in [-0.1, -0.05) is 0 Å². The van der Waals surface area contributed by atoms with E-state index in [0.717, 1.165) is 0 Å². The van der Waals surface area contributed by atoms with Crippen LogP contribution in [0, 0.1) is 11.3 Å². The first-order valence-corrected chi connectivity index (χ1v) is 10.8. The van der Waals surface area contributed by atoms with Crippen molar-refractivity contribution in [2.45, 2.75) is 19.4 Å². The fourth-order valence-corrected chi connectivity index (χ4v) is 4.63. The molecule has 2 rings (SSSR count). The number of carbonyl (C=O) groups is 1. The van der Waals surface area contributed by atoms with Gasteiger partial charge < -0.3 is 19.7 Å². The number of amides is 1. The number of carbonyl (C=O) groups excluding carboxylic acids is 1. The Labute approximate surface area is 165 Å². The number of benzene rings is 1. The summed E-state index contributed by atoms with van der Waals surface area (Å²) in [5.74, 6) is 0.237. The SMILES string of the molecule is CCOc1ccc(NC(=O)/C(C#N)=C\N(CCOC)C2CCS(=O)(=O)C2)cc1. The largest absolute Gasteiger partial charge is 0.494 e. The van der Waals surface area contributed by atoms with Gasteiger partial charge in [0.15, 0.2) is 9.84 Å². The minimum absolute atomic E-state index is 0.00638. The van der Waals surface area contributed by atoms with Gasteiger partial charge in [-0.25, -0.2) is 8.42 Å². The van der Waals surface area contributed by atoms with Gasteiger partial charge in [0.2, 0.25) is 0 Å². The van der Waals surface area contributed by atoms with E-state index >= 15 is 0 Å². The van der Waals surface area contributed by atoms with Crippen LogP contribution in [0.3, 0.4) is 0 Å². The molecular weight excluding hydrogens is 382 g/mol. The third-order valence-electron chi connectivity index (χ3n) is 4.31. The number of ether oxygens (including phenoxy) is 2. The van der Waals surface area contributed by atoms with Crippen LogP contribution in [0.25, 0.3) is 0 Å². The molecule has 0 spiro atoms.